The summed E-state index contributed by atoms with van der Waals surface area (Å²) in [6, 6.07) is 9.64. The van der Waals surface area contributed by atoms with Gasteiger partial charge < -0.3 is 16.0 Å². The van der Waals surface area contributed by atoms with E-state index < -0.39 is 0 Å². The van der Waals surface area contributed by atoms with Crippen LogP contribution >= 0.6 is 0 Å². The van der Waals surface area contributed by atoms with Crippen LogP contribution in [0.3, 0.4) is 0 Å². The Labute approximate surface area is 147 Å². The van der Waals surface area contributed by atoms with Crippen LogP contribution < -0.4 is 11.1 Å². The van der Waals surface area contributed by atoms with Crippen molar-refractivity contribution >= 4 is 17.6 Å². The number of aryl methyl sites for hydroxylation is 1. The molecule has 7 heteroatoms. The molecule has 2 heterocycles. The minimum absolute atomic E-state index is 0.0190. The number of guanidine groups is 1. The van der Waals surface area contributed by atoms with Crippen molar-refractivity contribution in [1.82, 2.24) is 14.7 Å². The van der Waals surface area contributed by atoms with Gasteiger partial charge in [0.1, 0.15) is 0 Å². The molecule has 2 aromatic rings. The first-order chi connectivity index (χ1) is 12.0. The maximum absolute atomic E-state index is 12.2. The second kappa shape index (κ2) is 6.96. The summed E-state index contributed by atoms with van der Waals surface area (Å²) in [7, 11) is 3.75. The molecule has 132 valence electrons. The molecule has 0 unspecified atom stereocenters. The molecule has 0 bridgehead atoms. The van der Waals surface area contributed by atoms with Crippen LogP contribution in [0.15, 0.2) is 41.5 Å². The normalized spacial score (nSPS) is 21.0. The van der Waals surface area contributed by atoms with Gasteiger partial charge in [0.15, 0.2) is 5.96 Å². The number of para-hydroxylation sites is 1. The number of rotatable bonds is 4. The summed E-state index contributed by atoms with van der Waals surface area (Å²) >= 11 is 0. The fraction of sp³-hybridized carbons (Fsp3) is 0.389. The third-order valence-electron chi connectivity index (χ3n) is 4.83. The summed E-state index contributed by atoms with van der Waals surface area (Å²) in [5.74, 6) is 0.564. The maximum atomic E-state index is 12.2. The van der Waals surface area contributed by atoms with Crippen molar-refractivity contribution in [3.05, 3.63) is 47.8 Å². The van der Waals surface area contributed by atoms with Gasteiger partial charge in [-0.05, 0) is 19.1 Å². The van der Waals surface area contributed by atoms with Gasteiger partial charge in [0, 0.05) is 49.9 Å². The molecule has 0 spiro atoms. The highest BCUT2D eigenvalue weighted by Gasteiger charge is 2.39. The lowest BCUT2D eigenvalue weighted by Gasteiger charge is -2.24. The molecule has 1 aliphatic rings. The number of carbonyl (C=O) groups is 1. The van der Waals surface area contributed by atoms with Gasteiger partial charge in [0.2, 0.25) is 5.91 Å². The first kappa shape index (κ1) is 17.0. The predicted molar refractivity (Wildman–Crippen MR) is 98.1 cm³/mol. The zero-order valence-corrected chi connectivity index (χ0v) is 14.8. The minimum Gasteiger partial charge on any atom is -0.370 e. The standard InChI is InChI=1S/C18H24N6O/c1-12-15(11-21-24(12)3)17-13(9-16(25)23(17)2)10-20-18(19)22-14-7-5-4-6-8-14/h4-8,11,13,17H,9-10H2,1-3H3,(H3,19,20,22)/t13-,17+/m0/s1. The van der Waals surface area contributed by atoms with E-state index >= 15 is 0 Å². The molecule has 1 aliphatic heterocycles. The summed E-state index contributed by atoms with van der Waals surface area (Å²) in [4.78, 5) is 18.5. The average Bonchev–Trinajstić information content (AvgIpc) is 3.06. The van der Waals surface area contributed by atoms with Crippen LogP contribution in [-0.4, -0.2) is 40.1 Å². The molecule has 1 aromatic carbocycles. The number of nitrogens with two attached hydrogens (primary N) is 1. The van der Waals surface area contributed by atoms with Crippen molar-refractivity contribution in [3.63, 3.8) is 0 Å². The maximum Gasteiger partial charge on any atom is 0.223 e. The largest absolute Gasteiger partial charge is 0.370 e. The van der Waals surface area contributed by atoms with Gasteiger partial charge in [-0.1, -0.05) is 18.2 Å². The lowest BCUT2D eigenvalue weighted by molar-refractivity contribution is -0.127. The Balaban J connectivity index is 1.75. The molecule has 7 nitrogen and oxygen atoms in total. The molecule has 1 fully saturated rings. The SMILES string of the molecule is Cc1c([C@H]2[C@H](CN=C(N)Nc3ccccc3)CC(=O)N2C)cnn1C. The van der Waals surface area contributed by atoms with E-state index in [-0.39, 0.29) is 17.9 Å². The molecular weight excluding hydrogens is 316 g/mol. The van der Waals surface area contributed by atoms with Crippen molar-refractivity contribution in [2.24, 2.45) is 23.7 Å². The van der Waals surface area contributed by atoms with E-state index in [0.29, 0.717) is 18.9 Å². The molecule has 1 amide bonds. The monoisotopic (exact) mass is 340 g/mol. The molecular formula is C18H24N6O. The third-order valence-corrected chi connectivity index (χ3v) is 4.83. The van der Waals surface area contributed by atoms with E-state index in [9.17, 15) is 4.79 Å². The van der Waals surface area contributed by atoms with Crippen LogP contribution in [0.5, 0.6) is 0 Å². The summed E-state index contributed by atoms with van der Waals surface area (Å²) in [6.07, 6.45) is 2.31. The number of nitrogens with one attached hydrogen (secondary N) is 1. The summed E-state index contributed by atoms with van der Waals surface area (Å²) in [5, 5.41) is 7.38. The number of carbonyl (C=O) groups excluding carboxylic acids is 1. The summed E-state index contributed by atoms with van der Waals surface area (Å²) in [5.41, 5.74) is 9.03. The summed E-state index contributed by atoms with van der Waals surface area (Å²) < 4.78 is 1.83. The number of aliphatic imine (C=N–C) groups is 1. The third kappa shape index (κ3) is 3.50. The Morgan fingerprint density at radius 3 is 2.72 bits per heavy atom. The highest BCUT2D eigenvalue weighted by molar-refractivity contribution is 5.92. The lowest BCUT2D eigenvalue weighted by Crippen LogP contribution is -2.27. The van der Waals surface area contributed by atoms with Crippen molar-refractivity contribution in [1.29, 1.82) is 0 Å². The Kier molecular flexibility index (Phi) is 4.74. The predicted octanol–water partition coefficient (Wildman–Crippen LogP) is 1.67. The molecule has 1 saturated heterocycles. The van der Waals surface area contributed by atoms with Crippen LogP contribution in [0.1, 0.15) is 23.7 Å². The molecule has 0 radical (unpaired) electrons. The van der Waals surface area contributed by atoms with Crippen molar-refractivity contribution in [2.45, 2.75) is 19.4 Å². The molecule has 1 aromatic heterocycles. The highest BCUT2D eigenvalue weighted by Crippen LogP contribution is 2.38. The van der Waals surface area contributed by atoms with Gasteiger partial charge in [0.25, 0.3) is 0 Å². The second-order valence-electron chi connectivity index (χ2n) is 6.44. The van der Waals surface area contributed by atoms with Crippen LogP contribution in [0.25, 0.3) is 0 Å². The minimum atomic E-state index is -0.0190. The first-order valence-electron chi connectivity index (χ1n) is 8.33. The fourth-order valence-electron chi connectivity index (χ4n) is 3.31. The van der Waals surface area contributed by atoms with Crippen molar-refractivity contribution in [3.8, 4) is 0 Å². The van der Waals surface area contributed by atoms with Gasteiger partial charge >= 0.3 is 0 Å². The van der Waals surface area contributed by atoms with E-state index in [1.54, 1.807) is 4.90 Å². The van der Waals surface area contributed by atoms with Gasteiger partial charge in [0.05, 0.1) is 12.2 Å². The molecule has 3 N–H and O–H groups in total. The first-order valence-corrected chi connectivity index (χ1v) is 8.33. The van der Waals surface area contributed by atoms with Gasteiger partial charge in [-0.2, -0.15) is 5.10 Å². The van der Waals surface area contributed by atoms with E-state index in [4.69, 9.17) is 5.73 Å². The molecule has 2 atom stereocenters. The van der Waals surface area contributed by atoms with Crippen molar-refractivity contribution < 1.29 is 4.79 Å². The number of hydrogen-bond acceptors (Lipinski definition) is 3. The van der Waals surface area contributed by atoms with Crippen LogP contribution in [-0.2, 0) is 11.8 Å². The average molecular weight is 340 g/mol. The van der Waals surface area contributed by atoms with Crippen LogP contribution in [0.2, 0.25) is 0 Å². The molecule has 3 rings (SSSR count). The number of nitrogens with zero attached hydrogens (tertiary/aromatic N) is 4. The highest BCUT2D eigenvalue weighted by atomic mass is 16.2. The zero-order chi connectivity index (χ0) is 18.0. The Hall–Kier alpha value is -2.83. The van der Waals surface area contributed by atoms with Crippen LogP contribution in [0.4, 0.5) is 5.69 Å². The number of likely N-dealkylation sites (tertiary alicyclic amines) is 1. The number of anilines is 1. The van der Waals surface area contributed by atoms with E-state index in [0.717, 1.165) is 16.9 Å². The van der Waals surface area contributed by atoms with Gasteiger partial charge in [-0.3, -0.25) is 14.5 Å². The molecule has 0 aliphatic carbocycles. The lowest BCUT2D eigenvalue weighted by atomic mass is 9.94. The zero-order valence-electron chi connectivity index (χ0n) is 14.8. The quantitative estimate of drug-likeness (QED) is 0.655. The van der Waals surface area contributed by atoms with Crippen molar-refractivity contribution in [2.75, 3.05) is 18.9 Å². The van der Waals surface area contributed by atoms with Gasteiger partial charge in [-0.25, -0.2) is 0 Å². The number of amides is 1. The fourth-order valence-corrected chi connectivity index (χ4v) is 3.31. The van der Waals surface area contributed by atoms with E-state index in [1.807, 2.05) is 62.2 Å². The second-order valence-corrected chi connectivity index (χ2v) is 6.44. The van der Waals surface area contributed by atoms with E-state index in [2.05, 4.69) is 15.4 Å². The Morgan fingerprint density at radius 2 is 2.08 bits per heavy atom. The number of aromatic nitrogens is 2. The van der Waals surface area contributed by atoms with Gasteiger partial charge in [-0.15, -0.1) is 0 Å². The summed E-state index contributed by atoms with van der Waals surface area (Å²) in [6.45, 7) is 2.51. The van der Waals surface area contributed by atoms with Crippen LogP contribution in [0, 0.1) is 12.8 Å². The topological polar surface area (TPSA) is 88.5 Å². The van der Waals surface area contributed by atoms with E-state index in [1.165, 1.54) is 0 Å². The molecule has 25 heavy (non-hydrogen) atoms. The smallest absolute Gasteiger partial charge is 0.223 e. The Morgan fingerprint density at radius 1 is 1.36 bits per heavy atom. The number of benzene rings is 1. The number of hydrogen-bond donors (Lipinski definition) is 2. The Bertz CT molecular complexity index is 782. The molecule has 0 saturated carbocycles.